The number of aromatic nitrogens is 4. The molecule has 0 spiro atoms. The molecule has 0 bridgehead atoms. The maximum absolute atomic E-state index is 11.9. The summed E-state index contributed by atoms with van der Waals surface area (Å²) in [5.41, 5.74) is 0.695. The predicted molar refractivity (Wildman–Crippen MR) is 75.4 cm³/mol. The van der Waals surface area contributed by atoms with Gasteiger partial charge in [0.15, 0.2) is 0 Å². The van der Waals surface area contributed by atoms with Gasteiger partial charge >= 0.3 is 11.1 Å². The fraction of sp³-hybridized carbons (Fsp3) is 0.417. The van der Waals surface area contributed by atoms with Gasteiger partial charge in [-0.15, -0.1) is 0 Å². The topological polar surface area (TPSA) is 61.8 Å². The molecule has 7 heteroatoms. The molecule has 0 aromatic carbocycles. The normalized spacial score (nSPS) is 10.9. The lowest BCUT2D eigenvalue weighted by Crippen LogP contribution is -2.39. The van der Waals surface area contributed by atoms with Crippen molar-refractivity contribution < 1.29 is 0 Å². The molecule has 0 saturated carbocycles. The second-order valence-corrected chi connectivity index (χ2v) is 5.10. The first-order valence-corrected chi connectivity index (χ1v) is 6.72. The van der Waals surface area contributed by atoms with Gasteiger partial charge in [0.1, 0.15) is 0 Å². The molecule has 19 heavy (non-hydrogen) atoms. The fourth-order valence-electron chi connectivity index (χ4n) is 1.90. The van der Waals surface area contributed by atoms with E-state index >= 15 is 0 Å². The highest BCUT2D eigenvalue weighted by Gasteiger charge is 2.13. The maximum Gasteiger partial charge on any atom is 0.316 e. The van der Waals surface area contributed by atoms with E-state index in [1.807, 2.05) is 18.5 Å². The lowest BCUT2D eigenvalue weighted by Gasteiger charge is -2.08. The molecule has 102 valence electrons. The molecule has 6 nitrogen and oxygen atoms in total. The second kappa shape index (κ2) is 5.16. The van der Waals surface area contributed by atoms with Crippen LogP contribution in [0, 0.1) is 6.92 Å². The van der Waals surface area contributed by atoms with Crippen molar-refractivity contribution in [1.82, 2.24) is 18.9 Å². The molecule has 0 N–H and O–H groups in total. The van der Waals surface area contributed by atoms with Gasteiger partial charge in [0.2, 0.25) is 0 Å². The Labute approximate surface area is 118 Å². The zero-order valence-corrected chi connectivity index (χ0v) is 12.6. The summed E-state index contributed by atoms with van der Waals surface area (Å²) in [6.07, 6.45) is 3.19. The van der Waals surface area contributed by atoms with Gasteiger partial charge in [-0.1, -0.05) is 0 Å². The van der Waals surface area contributed by atoms with Crippen LogP contribution in [0.15, 0.2) is 26.5 Å². The molecule has 2 rings (SSSR count). The van der Waals surface area contributed by atoms with E-state index in [9.17, 15) is 9.59 Å². The highest BCUT2D eigenvalue weighted by Crippen LogP contribution is 2.21. The lowest BCUT2D eigenvalue weighted by molar-refractivity contribution is 0.583. The van der Waals surface area contributed by atoms with E-state index in [4.69, 9.17) is 0 Å². The van der Waals surface area contributed by atoms with Gasteiger partial charge in [0.05, 0.1) is 22.4 Å². The Hall–Kier alpha value is -1.63. The molecule has 2 aromatic rings. The summed E-state index contributed by atoms with van der Waals surface area (Å²) in [4.78, 5) is 23.5. The molecule has 0 fully saturated rings. The van der Waals surface area contributed by atoms with Crippen LogP contribution in [0.3, 0.4) is 0 Å². The van der Waals surface area contributed by atoms with E-state index in [-0.39, 0.29) is 0 Å². The third-order valence-corrected chi connectivity index (χ3v) is 4.04. The average Bonchev–Trinajstić information content (AvgIpc) is 2.66. The number of nitrogens with zero attached hydrogens (tertiary/aromatic N) is 4. The standard InChI is InChI=1S/C12H15BrN4O2/c1-4-17-9(10(13)8(2)14-17)7-16-6-5-15(3)11(18)12(16)19/h5-6H,4,7H2,1-3H3. The Morgan fingerprint density at radius 3 is 2.58 bits per heavy atom. The van der Waals surface area contributed by atoms with Crippen LogP contribution in [0.5, 0.6) is 0 Å². The Morgan fingerprint density at radius 1 is 1.26 bits per heavy atom. The minimum Gasteiger partial charge on any atom is -0.312 e. The number of aryl methyl sites for hydroxylation is 3. The smallest absolute Gasteiger partial charge is 0.312 e. The van der Waals surface area contributed by atoms with E-state index in [2.05, 4.69) is 21.0 Å². The Kier molecular flexibility index (Phi) is 3.75. The molecule has 0 aliphatic rings. The molecular formula is C12H15BrN4O2. The van der Waals surface area contributed by atoms with Gasteiger partial charge in [-0.2, -0.15) is 5.10 Å². The van der Waals surface area contributed by atoms with Gasteiger partial charge in [-0.25, -0.2) is 0 Å². The molecule has 0 unspecified atom stereocenters. The molecule has 0 aliphatic heterocycles. The zero-order valence-electron chi connectivity index (χ0n) is 11.1. The largest absolute Gasteiger partial charge is 0.316 e. The summed E-state index contributed by atoms with van der Waals surface area (Å²) < 4.78 is 5.37. The van der Waals surface area contributed by atoms with Gasteiger partial charge in [0.25, 0.3) is 0 Å². The van der Waals surface area contributed by atoms with E-state index in [0.717, 1.165) is 15.9 Å². The van der Waals surface area contributed by atoms with Crippen molar-refractivity contribution in [3.63, 3.8) is 0 Å². The summed E-state index contributed by atoms with van der Waals surface area (Å²) >= 11 is 3.47. The Balaban J connectivity index is 2.51. The lowest BCUT2D eigenvalue weighted by atomic mass is 10.3. The molecule has 0 amide bonds. The van der Waals surface area contributed by atoms with Gasteiger partial charge < -0.3 is 9.13 Å². The zero-order chi connectivity index (χ0) is 14.2. The summed E-state index contributed by atoms with van der Waals surface area (Å²) in [5, 5.41) is 4.37. The second-order valence-electron chi connectivity index (χ2n) is 4.31. The summed E-state index contributed by atoms with van der Waals surface area (Å²) in [6.45, 7) is 4.91. The highest BCUT2D eigenvalue weighted by molar-refractivity contribution is 9.10. The molecule has 0 radical (unpaired) electrons. The van der Waals surface area contributed by atoms with Crippen molar-refractivity contribution >= 4 is 15.9 Å². The summed E-state index contributed by atoms with van der Waals surface area (Å²) in [5.74, 6) is 0. The number of halogens is 1. The number of hydrogen-bond donors (Lipinski definition) is 0. The van der Waals surface area contributed by atoms with E-state index in [1.165, 1.54) is 9.13 Å². The van der Waals surface area contributed by atoms with Crippen LogP contribution < -0.4 is 11.1 Å². The van der Waals surface area contributed by atoms with E-state index < -0.39 is 11.1 Å². The SMILES string of the molecule is CCn1nc(C)c(Br)c1Cn1ccn(C)c(=O)c1=O. The third-order valence-electron chi connectivity index (χ3n) is 3.01. The van der Waals surface area contributed by atoms with E-state index in [1.54, 1.807) is 19.4 Å². The molecular weight excluding hydrogens is 312 g/mol. The van der Waals surface area contributed by atoms with Crippen LogP contribution in [-0.4, -0.2) is 18.9 Å². The average molecular weight is 327 g/mol. The molecule has 0 saturated heterocycles. The van der Waals surface area contributed by atoms with Crippen LogP contribution in [0.4, 0.5) is 0 Å². The van der Waals surface area contributed by atoms with Crippen LogP contribution in [0.1, 0.15) is 18.3 Å². The minimum atomic E-state index is -0.530. The van der Waals surface area contributed by atoms with Crippen molar-refractivity contribution in [3.8, 4) is 0 Å². The van der Waals surface area contributed by atoms with E-state index in [0.29, 0.717) is 13.1 Å². The number of hydrogen-bond acceptors (Lipinski definition) is 3. The fourth-order valence-corrected chi connectivity index (χ4v) is 2.30. The van der Waals surface area contributed by atoms with Gasteiger partial charge in [-0.05, 0) is 29.8 Å². The van der Waals surface area contributed by atoms with Crippen molar-refractivity contribution in [1.29, 1.82) is 0 Å². The summed E-state index contributed by atoms with van der Waals surface area (Å²) in [7, 11) is 1.56. The first kappa shape index (κ1) is 13.8. The molecule has 0 aliphatic carbocycles. The van der Waals surface area contributed by atoms with Crippen molar-refractivity contribution in [2.75, 3.05) is 0 Å². The highest BCUT2D eigenvalue weighted by atomic mass is 79.9. The minimum absolute atomic E-state index is 0.324. The monoisotopic (exact) mass is 326 g/mol. The van der Waals surface area contributed by atoms with Crippen molar-refractivity contribution in [2.45, 2.75) is 26.9 Å². The Morgan fingerprint density at radius 2 is 1.95 bits per heavy atom. The summed E-state index contributed by atoms with van der Waals surface area (Å²) in [6, 6.07) is 0. The van der Waals surface area contributed by atoms with Gasteiger partial charge in [-0.3, -0.25) is 14.3 Å². The first-order chi connectivity index (χ1) is 8.95. The van der Waals surface area contributed by atoms with Crippen LogP contribution in [-0.2, 0) is 20.1 Å². The third kappa shape index (κ3) is 2.42. The van der Waals surface area contributed by atoms with Crippen LogP contribution in [0.2, 0.25) is 0 Å². The van der Waals surface area contributed by atoms with Crippen molar-refractivity contribution in [3.05, 3.63) is 49.0 Å². The van der Waals surface area contributed by atoms with Crippen molar-refractivity contribution in [2.24, 2.45) is 7.05 Å². The maximum atomic E-state index is 11.9. The first-order valence-electron chi connectivity index (χ1n) is 5.93. The molecule has 2 heterocycles. The number of rotatable bonds is 3. The predicted octanol–water partition coefficient (Wildman–Crippen LogP) is 0.883. The van der Waals surface area contributed by atoms with Crippen LogP contribution >= 0.6 is 15.9 Å². The van der Waals surface area contributed by atoms with Gasteiger partial charge in [0, 0.05) is 26.0 Å². The Bertz CT molecular complexity index is 726. The molecule has 2 aromatic heterocycles. The quantitative estimate of drug-likeness (QED) is 0.787. The molecule has 0 atom stereocenters. The van der Waals surface area contributed by atoms with Crippen LogP contribution in [0.25, 0.3) is 0 Å².